The molecule has 0 saturated carbocycles. The second kappa shape index (κ2) is 9.43. The fourth-order valence-electron chi connectivity index (χ4n) is 4.16. The molecule has 6 heteroatoms. The standard InChI is InChI=1S/C25H30N4O2/c1-18-6-4-8-22(14-18)24-26-23(31-27-24)17-28(3)25(30)21-11-9-20(10-12-21)16-29-13-5-7-19(2)15-29/h4,6,8-12,14,19H,5,7,13,15-17H2,1-3H3. The number of carbonyl (C=O) groups excluding carboxylic acids is 1. The number of piperidine rings is 1. The fraction of sp³-hybridized carbons (Fsp3) is 0.400. The molecule has 6 nitrogen and oxygen atoms in total. The Bertz CT molecular complexity index is 1030. The summed E-state index contributed by atoms with van der Waals surface area (Å²) >= 11 is 0. The van der Waals surface area contributed by atoms with E-state index in [4.69, 9.17) is 4.52 Å². The SMILES string of the molecule is Cc1cccc(-c2noc(CN(C)C(=O)c3ccc(CN4CCCC(C)C4)cc3)n2)c1. The zero-order valence-electron chi connectivity index (χ0n) is 18.5. The summed E-state index contributed by atoms with van der Waals surface area (Å²) in [6, 6.07) is 15.9. The normalized spacial score (nSPS) is 16.9. The second-order valence-electron chi connectivity index (χ2n) is 8.72. The number of rotatable bonds is 6. The van der Waals surface area contributed by atoms with Gasteiger partial charge in [0.05, 0.1) is 6.54 Å². The summed E-state index contributed by atoms with van der Waals surface area (Å²) in [6.07, 6.45) is 2.59. The van der Waals surface area contributed by atoms with E-state index in [9.17, 15) is 4.79 Å². The van der Waals surface area contributed by atoms with Crippen LogP contribution in [0.2, 0.25) is 0 Å². The van der Waals surface area contributed by atoms with Gasteiger partial charge in [-0.25, -0.2) is 0 Å². The van der Waals surface area contributed by atoms with E-state index in [1.165, 1.54) is 18.4 Å². The van der Waals surface area contributed by atoms with Gasteiger partial charge in [0.2, 0.25) is 11.7 Å². The number of nitrogens with zero attached hydrogens (tertiary/aromatic N) is 4. The van der Waals surface area contributed by atoms with Crippen molar-refractivity contribution in [1.29, 1.82) is 0 Å². The van der Waals surface area contributed by atoms with Crippen LogP contribution < -0.4 is 0 Å². The fourth-order valence-corrected chi connectivity index (χ4v) is 4.16. The van der Waals surface area contributed by atoms with Crippen molar-refractivity contribution in [2.45, 2.75) is 39.8 Å². The van der Waals surface area contributed by atoms with Crippen LogP contribution in [0.5, 0.6) is 0 Å². The molecule has 1 atom stereocenters. The topological polar surface area (TPSA) is 62.5 Å². The first kappa shape index (κ1) is 21.2. The summed E-state index contributed by atoms with van der Waals surface area (Å²) in [5.74, 6) is 1.66. The lowest BCUT2D eigenvalue weighted by molar-refractivity contribution is 0.0769. The molecular formula is C25H30N4O2. The van der Waals surface area contributed by atoms with Crippen LogP contribution >= 0.6 is 0 Å². The molecule has 1 saturated heterocycles. The highest BCUT2D eigenvalue weighted by Gasteiger charge is 2.18. The van der Waals surface area contributed by atoms with Gasteiger partial charge in [-0.3, -0.25) is 9.69 Å². The molecule has 1 unspecified atom stereocenters. The van der Waals surface area contributed by atoms with Crippen molar-refractivity contribution in [1.82, 2.24) is 19.9 Å². The summed E-state index contributed by atoms with van der Waals surface area (Å²) in [5.41, 5.74) is 3.95. The Morgan fingerprint density at radius 2 is 2.03 bits per heavy atom. The van der Waals surface area contributed by atoms with Crippen LogP contribution in [0.15, 0.2) is 53.1 Å². The van der Waals surface area contributed by atoms with Gasteiger partial charge in [-0.15, -0.1) is 0 Å². The van der Waals surface area contributed by atoms with Crippen molar-refractivity contribution in [3.05, 3.63) is 71.1 Å². The van der Waals surface area contributed by atoms with Crippen LogP contribution in [0.1, 0.15) is 47.1 Å². The average Bonchev–Trinajstić information content (AvgIpc) is 3.22. The van der Waals surface area contributed by atoms with Gasteiger partial charge >= 0.3 is 0 Å². The molecule has 0 aliphatic carbocycles. The van der Waals surface area contributed by atoms with E-state index in [0.29, 0.717) is 17.3 Å². The molecule has 0 spiro atoms. The smallest absolute Gasteiger partial charge is 0.254 e. The van der Waals surface area contributed by atoms with E-state index >= 15 is 0 Å². The van der Waals surface area contributed by atoms with E-state index < -0.39 is 0 Å². The maximum atomic E-state index is 12.8. The van der Waals surface area contributed by atoms with Gasteiger partial charge in [-0.1, -0.05) is 48.0 Å². The van der Waals surface area contributed by atoms with Gasteiger partial charge in [-0.05, 0) is 56.0 Å². The predicted molar refractivity (Wildman–Crippen MR) is 120 cm³/mol. The van der Waals surface area contributed by atoms with Crippen LogP contribution in [0, 0.1) is 12.8 Å². The first-order chi connectivity index (χ1) is 15.0. The van der Waals surface area contributed by atoms with Gasteiger partial charge in [-0.2, -0.15) is 4.98 Å². The van der Waals surface area contributed by atoms with Crippen molar-refractivity contribution in [2.75, 3.05) is 20.1 Å². The molecule has 0 bridgehead atoms. The Morgan fingerprint density at radius 1 is 1.23 bits per heavy atom. The largest absolute Gasteiger partial charge is 0.337 e. The Morgan fingerprint density at radius 3 is 2.77 bits per heavy atom. The number of amides is 1. The molecule has 4 rings (SSSR count). The molecule has 2 heterocycles. The third kappa shape index (κ3) is 5.39. The summed E-state index contributed by atoms with van der Waals surface area (Å²) in [5, 5.41) is 4.06. The lowest BCUT2D eigenvalue weighted by Gasteiger charge is -2.30. The zero-order valence-corrected chi connectivity index (χ0v) is 18.5. The minimum atomic E-state index is -0.0616. The monoisotopic (exact) mass is 418 g/mol. The summed E-state index contributed by atoms with van der Waals surface area (Å²) < 4.78 is 5.37. The van der Waals surface area contributed by atoms with Gasteiger partial charge in [0.25, 0.3) is 5.91 Å². The number of aromatic nitrogens is 2. The molecule has 1 aliphatic rings. The lowest BCUT2D eigenvalue weighted by Crippen LogP contribution is -2.33. The third-order valence-electron chi connectivity index (χ3n) is 5.81. The van der Waals surface area contributed by atoms with Crippen molar-refractivity contribution < 1.29 is 9.32 Å². The Hall–Kier alpha value is -2.99. The van der Waals surface area contributed by atoms with Crippen LogP contribution in [0.25, 0.3) is 11.4 Å². The molecule has 1 aliphatic heterocycles. The Kier molecular flexibility index (Phi) is 6.47. The van der Waals surface area contributed by atoms with E-state index in [1.54, 1.807) is 11.9 Å². The maximum absolute atomic E-state index is 12.8. The number of carbonyl (C=O) groups is 1. The summed E-state index contributed by atoms with van der Waals surface area (Å²) in [7, 11) is 1.75. The van der Waals surface area contributed by atoms with Crippen LogP contribution in [-0.4, -0.2) is 46.0 Å². The van der Waals surface area contributed by atoms with Crippen molar-refractivity contribution in [3.8, 4) is 11.4 Å². The first-order valence-electron chi connectivity index (χ1n) is 10.9. The lowest BCUT2D eigenvalue weighted by atomic mass is 9.99. The number of benzene rings is 2. The highest BCUT2D eigenvalue weighted by atomic mass is 16.5. The molecule has 162 valence electrons. The second-order valence-corrected chi connectivity index (χ2v) is 8.72. The zero-order chi connectivity index (χ0) is 21.8. The molecule has 3 aromatic rings. The van der Waals surface area contributed by atoms with E-state index in [1.807, 2.05) is 43.3 Å². The van der Waals surface area contributed by atoms with Crippen LogP contribution in [0.3, 0.4) is 0 Å². The number of hydrogen-bond donors (Lipinski definition) is 0. The van der Waals surface area contributed by atoms with Crippen molar-refractivity contribution in [3.63, 3.8) is 0 Å². The summed E-state index contributed by atoms with van der Waals surface area (Å²) in [6.45, 7) is 7.86. The molecule has 1 amide bonds. The Balaban J connectivity index is 1.36. The van der Waals surface area contributed by atoms with Gasteiger partial charge < -0.3 is 9.42 Å². The maximum Gasteiger partial charge on any atom is 0.254 e. The molecule has 31 heavy (non-hydrogen) atoms. The van der Waals surface area contributed by atoms with E-state index in [0.717, 1.165) is 36.7 Å². The highest BCUT2D eigenvalue weighted by Crippen LogP contribution is 2.19. The van der Waals surface area contributed by atoms with Crippen molar-refractivity contribution >= 4 is 5.91 Å². The highest BCUT2D eigenvalue weighted by molar-refractivity contribution is 5.94. The molecule has 2 aromatic carbocycles. The molecule has 1 fully saturated rings. The average molecular weight is 419 g/mol. The first-order valence-corrected chi connectivity index (χ1v) is 10.9. The third-order valence-corrected chi connectivity index (χ3v) is 5.81. The number of aryl methyl sites for hydroxylation is 1. The molecule has 0 radical (unpaired) electrons. The van der Waals surface area contributed by atoms with Crippen molar-refractivity contribution in [2.24, 2.45) is 5.92 Å². The molecule has 1 aromatic heterocycles. The summed E-state index contributed by atoms with van der Waals surface area (Å²) in [4.78, 5) is 21.4. The van der Waals surface area contributed by atoms with Gasteiger partial charge in [0.1, 0.15) is 0 Å². The van der Waals surface area contributed by atoms with Gasteiger partial charge in [0, 0.05) is 31.3 Å². The minimum Gasteiger partial charge on any atom is -0.337 e. The molecular weight excluding hydrogens is 388 g/mol. The van der Waals surface area contributed by atoms with E-state index in [2.05, 4.69) is 34.1 Å². The Labute approximate surface area is 183 Å². The van der Waals surface area contributed by atoms with E-state index in [-0.39, 0.29) is 12.5 Å². The van der Waals surface area contributed by atoms with Crippen LogP contribution in [0.4, 0.5) is 0 Å². The predicted octanol–water partition coefficient (Wildman–Crippen LogP) is 4.55. The van der Waals surface area contributed by atoms with Gasteiger partial charge in [0.15, 0.2) is 0 Å². The number of likely N-dealkylation sites (tertiary alicyclic amines) is 1. The molecule has 0 N–H and O–H groups in total. The number of hydrogen-bond acceptors (Lipinski definition) is 5. The quantitative estimate of drug-likeness (QED) is 0.588. The van der Waals surface area contributed by atoms with Crippen LogP contribution in [-0.2, 0) is 13.1 Å². The minimum absolute atomic E-state index is 0.0616.